The molecule has 6 heteroatoms. The zero-order chi connectivity index (χ0) is 19.1. The van der Waals surface area contributed by atoms with Crippen LogP contribution in [0.25, 0.3) is 0 Å². The van der Waals surface area contributed by atoms with E-state index in [0.717, 1.165) is 5.56 Å². The number of amides is 2. The van der Waals surface area contributed by atoms with E-state index in [1.807, 2.05) is 18.2 Å². The average Bonchev–Trinajstić information content (AvgIpc) is 2.64. The topological polar surface area (TPSA) is 67.9 Å². The maximum absolute atomic E-state index is 12.6. The molecule has 138 valence electrons. The van der Waals surface area contributed by atoms with Gasteiger partial charge in [0.25, 0.3) is 5.91 Å². The van der Waals surface area contributed by atoms with Gasteiger partial charge in [-0.3, -0.25) is 9.59 Å². The van der Waals surface area contributed by atoms with Gasteiger partial charge >= 0.3 is 0 Å². The van der Waals surface area contributed by atoms with Crippen molar-refractivity contribution in [2.45, 2.75) is 13.3 Å². The van der Waals surface area contributed by atoms with Gasteiger partial charge in [0.15, 0.2) is 11.5 Å². The van der Waals surface area contributed by atoms with Gasteiger partial charge in [-0.15, -0.1) is 0 Å². The Labute approximate surface area is 153 Å². The summed E-state index contributed by atoms with van der Waals surface area (Å²) in [7, 11) is 4.95. The fourth-order valence-electron chi connectivity index (χ4n) is 2.59. The molecule has 26 heavy (non-hydrogen) atoms. The number of carbonyl (C=O) groups excluding carboxylic acids is 2. The van der Waals surface area contributed by atoms with Gasteiger partial charge in [-0.25, -0.2) is 0 Å². The number of nitrogens with one attached hydrogen (secondary N) is 1. The first-order valence-corrected chi connectivity index (χ1v) is 8.28. The lowest BCUT2D eigenvalue weighted by atomic mass is 10.1. The molecule has 0 aliphatic heterocycles. The summed E-state index contributed by atoms with van der Waals surface area (Å²) in [5.74, 6) is 1.08. The summed E-state index contributed by atoms with van der Waals surface area (Å²) in [5, 5.41) is 2.68. The number of hydrogen-bond donors (Lipinski definition) is 1. The predicted molar refractivity (Wildman–Crippen MR) is 101 cm³/mol. The Balaban J connectivity index is 2.02. The molecule has 2 rings (SSSR count). The highest BCUT2D eigenvalue weighted by Crippen LogP contribution is 2.27. The van der Waals surface area contributed by atoms with Gasteiger partial charge in [0, 0.05) is 31.8 Å². The maximum atomic E-state index is 12.6. The molecule has 2 aromatic rings. The van der Waals surface area contributed by atoms with Crippen LogP contribution in [0.2, 0.25) is 0 Å². The molecule has 2 aromatic carbocycles. The first kappa shape index (κ1) is 19.3. The van der Waals surface area contributed by atoms with Crippen molar-refractivity contribution in [3.8, 4) is 11.5 Å². The first-order valence-electron chi connectivity index (χ1n) is 8.28. The number of methoxy groups -OCH3 is 2. The Morgan fingerprint density at radius 2 is 1.77 bits per heavy atom. The molecule has 6 nitrogen and oxygen atoms in total. The van der Waals surface area contributed by atoms with Crippen molar-refractivity contribution in [3.05, 3.63) is 53.6 Å². The number of rotatable bonds is 7. The Morgan fingerprint density at radius 3 is 2.42 bits per heavy atom. The summed E-state index contributed by atoms with van der Waals surface area (Å²) in [4.78, 5) is 25.4. The highest BCUT2D eigenvalue weighted by molar-refractivity contribution is 5.96. The monoisotopic (exact) mass is 356 g/mol. The minimum Gasteiger partial charge on any atom is -0.493 e. The van der Waals surface area contributed by atoms with Crippen LogP contribution in [0.3, 0.4) is 0 Å². The Hall–Kier alpha value is -3.02. The minimum atomic E-state index is -0.170. The van der Waals surface area contributed by atoms with E-state index in [9.17, 15) is 9.59 Å². The molecule has 0 saturated heterocycles. The molecule has 1 N–H and O–H groups in total. The lowest BCUT2D eigenvalue weighted by Gasteiger charge is -2.18. The van der Waals surface area contributed by atoms with Gasteiger partial charge in [0.05, 0.1) is 14.2 Å². The van der Waals surface area contributed by atoms with E-state index in [1.54, 1.807) is 50.4 Å². The lowest BCUT2D eigenvalue weighted by Crippen LogP contribution is -2.28. The van der Waals surface area contributed by atoms with Crippen molar-refractivity contribution < 1.29 is 19.1 Å². The molecular weight excluding hydrogens is 332 g/mol. The largest absolute Gasteiger partial charge is 0.493 e. The summed E-state index contributed by atoms with van der Waals surface area (Å²) >= 11 is 0. The summed E-state index contributed by atoms with van der Waals surface area (Å²) in [6, 6.07) is 12.6. The van der Waals surface area contributed by atoms with E-state index in [0.29, 0.717) is 35.7 Å². The van der Waals surface area contributed by atoms with E-state index >= 15 is 0 Å². The van der Waals surface area contributed by atoms with Crippen molar-refractivity contribution in [3.63, 3.8) is 0 Å². The third kappa shape index (κ3) is 4.99. The second kappa shape index (κ2) is 8.89. The number of nitrogens with zero attached hydrogens (tertiary/aromatic N) is 1. The molecule has 0 saturated carbocycles. The molecule has 0 atom stereocenters. The third-order valence-corrected chi connectivity index (χ3v) is 3.96. The van der Waals surface area contributed by atoms with Gasteiger partial charge in [-0.1, -0.05) is 12.1 Å². The molecule has 0 bridgehead atoms. The van der Waals surface area contributed by atoms with Gasteiger partial charge in [0.1, 0.15) is 0 Å². The van der Waals surface area contributed by atoms with Crippen molar-refractivity contribution in [2.75, 3.05) is 33.1 Å². The zero-order valence-electron chi connectivity index (χ0n) is 15.5. The summed E-state index contributed by atoms with van der Waals surface area (Å²) in [6.07, 6.45) is 0.688. The molecule has 0 aliphatic carbocycles. The van der Waals surface area contributed by atoms with Crippen LogP contribution in [0, 0.1) is 0 Å². The molecule has 0 spiro atoms. The SMILES string of the molecule is COc1ccc(CCN(C)C(=O)c2cccc(NC(C)=O)c2)cc1OC. The lowest BCUT2D eigenvalue weighted by molar-refractivity contribution is -0.114. The Bertz CT molecular complexity index is 789. The quantitative estimate of drug-likeness (QED) is 0.828. The zero-order valence-corrected chi connectivity index (χ0v) is 15.5. The number of carbonyl (C=O) groups is 2. The number of anilines is 1. The number of hydrogen-bond acceptors (Lipinski definition) is 4. The van der Waals surface area contributed by atoms with Crippen LogP contribution in [0.5, 0.6) is 11.5 Å². The van der Waals surface area contributed by atoms with Crippen molar-refractivity contribution >= 4 is 17.5 Å². The predicted octanol–water partition coefficient (Wildman–Crippen LogP) is 2.98. The standard InChI is InChI=1S/C20H24N2O4/c1-14(23)21-17-7-5-6-16(13-17)20(24)22(2)11-10-15-8-9-18(25-3)19(12-15)26-4/h5-9,12-13H,10-11H2,1-4H3,(H,21,23). The Kier molecular flexibility index (Phi) is 6.60. The second-order valence-electron chi connectivity index (χ2n) is 5.93. The normalized spacial score (nSPS) is 10.2. The molecule has 0 fully saturated rings. The second-order valence-corrected chi connectivity index (χ2v) is 5.93. The highest BCUT2D eigenvalue weighted by atomic mass is 16.5. The molecule has 0 aliphatic rings. The van der Waals surface area contributed by atoms with Crippen LogP contribution in [0.15, 0.2) is 42.5 Å². The van der Waals surface area contributed by atoms with E-state index < -0.39 is 0 Å². The molecule has 2 amide bonds. The summed E-state index contributed by atoms with van der Waals surface area (Å²) < 4.78 is 10.5. The number of likely N-dealkylation sites (N-methyl/N-ethyl adjacent to an activating group) is 1. The molecule has 0 aromatic heterocycles. The number of ether oxygens (including phenoxy) is 2. The first-order chi connectivity index (χ1) is 12.4. The average molecular weight is 356 g/mol. The van der Waals surface area contributed by atoms with E-state index in [1.165, 1.54) is 6.92 Å². The summed E-state index contributed by atoms with van der Waals surface area (Å²) in [5.41, 5.74) is 2.19. The molecule has 0 radical (unpaired) electrons. The highest BCUT2D eigenvalue weighted by Gasteiger charge is 2.13. The summed E-state index contributed by atoms with van der Waals surface area (Å²) in [6.45, 7) is 1.99. The van der Waals surface area contributed by atoms with Gasteiger partial charge < -0.3 is 19.7 Å². The molecular formula is C20H24N2O4. The van der Waals surface area contributed by atoms with Gasteiger partial charge in [-0.2, -0.15) is 0 Å². The van der Waals surface area contributed by atoms with Gasteiger partial charge in [-0.05, 0) is 42.3 Å². The van der Waals surface area contributed by atoms with Crippen LogP contribution in [0.4, 0.5) is 5.69 Å². The van der Waals surface area contributed by atoms with E-state index in [-0.39, 0.29) is 11.8 Å². The minimum absolute atomic E-state index is 0.0994. The van der Waals surface area contributed by atoms with Crippen molar-refractivity contribution in [1.29, 1.82) is 0 Å². The fourth-order valence-corrected chi connectivity index (χ4v) is 2.59. The van der Waals surface area contributed by atoms with Crippen molar-refractivity contribution in [1.82, 2.24) is 4.90 Å². The van der Waals surface area contributed by atoms with Crippen LogP contribution < -0.4 is 14.8 Å². The van der Waals surface area contributed by atoms with Crippen LogP contribution >= 0.6 is 0 Å². The molecule has 0 heterocycles. The van der Waals surface area contributed by atoms with Crippen LogP contribution in [-0.2, 0) is 11.2 Å². The van der Waals surface area contributed by atoms with Crippen LogP contribution in [0.1, 0.15) is 22.8 Å². The Morgan fingerprint density at radius 1 is 1.04 bits per heavy atom. The van der Waals surface area contributed by atoms with E-state index in [4.69, 9.17) is 9.47 Å². The molecule has 0 unspecified atom stereocenters. The van der Waals surface area contributed by atoms with Crippen molar-refractivity contribution in [2.24, 2.45) is 0 Å². The maximum Gasteiger partial charge on any atom is 0.253 e. The number of benzene rings is 2. The van der Waals surface area contributed by atoms with Gasteiger partial charge in [0.2, 0.25) is 5.91 Å². The fraction of sp³-hybridized carbons (Fsp3) is 0.300. The third-order valence-electron chi connectivity index (χ3n) is 3.96. The van der Waals surface area contributed by atoms with E-state index in [2.05, 4.69) is 5.32 Å². The van der Waals surface area contributed by atoms with Crippen LogP contribution in [-0.4, -0.2) is 44.5 Å². The smallest absolute Gasteiger partial charge is 0.253 e.